The maximum atomic E-state index is 11.5. The van der Waals surface area contributed by atoms with Crippen LogP contribution in [0.2, 0.25) is 0 Å². The largest absolute Gasteiger partial charge is 0.469 e. The summed E-state index contributed by atoms with van der Waals surface area (Å²) in [5.74, 6) is -0.161. The minimum atomic E-state index is -0.161. The van der Waals surface area contributed by atoms with E-state index in [4.69, 9.17) is 4.74 Å². The van der Waals surface area contributed by atoms with Crippen LogP contribution in [0.5, 0.6) is 0 Å². The Balaban J connectivity index is 2.14. The highest BCUT2D eigenvalue weighted by Gasteiger charge is 2.26. The number of carbonyl (C=O) groups excluding carboxylic acids is 1. The van der Waals surface area contributed by atoms with Crippen molar-refractivity contribution >= 4 is 5.97 Å². The van der Waals surface area contributed by atoms with Crippen LogP contribution in [0.1, 0.15) is 30.9 Å². The van der Waals surface area contributed by atoms with Crippen molar-refractivity contribution in [2.75, 3.05) is 20.2 Å². The number of rotatable bonds is 4. The van der Waals surface area contributed by atoms with Crippen LogP contribution in [0.25, 0.3) is 0 Å². The number of likely N-dealkylation sites (tertiary alicyclic amines) is 1. The van der Waals surface area contributed by atoms with E-state index in [1.54, 1.807) is 6.20 Å². The van der Waals surface area contributed by atoms with Gasteiger partial charge in [-0.3, -0.25) is 14.7 Å². The van der Waals surface area contributed by atoms with Gasteiger partial charge in [0, 0.05) is 18.4 Å². The molecule has 0 aromatic carbocycles. The number of hydrogen-bond acceptors (Lipinski definition) is 4. The second-order valence-electron chi connectivity index (χ2n) is 4.33. The van der Waals surface area contributed by atoms with Gasteiger partial charge < -0.3 is 4.74 Å². The van der Waals surface area contributed by atoms with Crippen molar-refractivity contribution in [2.45, 2.75) is 25.3 Å². The Labute approximate surface area is 102 Å². The maximum absolute atomic E-state index is 11.5. The molecular weight excluding hydrogens is 216 g/mol. The molecule has 2 rings (SSSR count). The third-order valence-corrected chi connectivity index (χ3v) is 3.24. The van der Waals surface area contributed by atoms with E-state index in [2.05, 4.69) is 9.88 Å². The van der Waals surface area contributed by atoms with Gasteiger partial charge in [0.2, 0.25) is 0 Å². The standard InChI is InChI=1S/C13H18N2O2/c1-17-13(16)9-12(15-7-2-3-8-15)11-5-4-6-14-10-11/h4-6,10,12H,2-3,7-9H2,1H3/t12-/m0/s1. The Hall–Kier alpha value is -1.42. The minimum absolute atomic E-state index is 0.110. The quantitative estimate of drug-likeness (QED) is 0.745. The van der Waals surface area contributed by atoms with Crippen molar-refractivity contribution < 1.29 is 9.53 Å². The molecular formula is C13H18N2O2. The normalized spacial score (nSPS) is 17.9. The van der Waals surface area contributed by atoms with Crippen LogP contribution in [-0.4, -0.2) is 36.1 Å². The zero-order valence-corrected chi connectivity index (χ0v) is 10.1. The van der Waals surface area contributed by atoms with Crippen LogP contribution in [0.15, 0.2) is 24.5 Å². The zero-order valence-electron chi connectivity index (χ0n) is 10.1. The lowest BCUT2D eigenvalue weighted by molar-refractivity contribution is -0.142. The molecule has 1 saturated heterocycles. The average molecular weight is 234 g/mol. The number of esters is 1. The van der Waals surface area contributed by atoms with Gasteiger partial charge in [-0.05, 0) is 37.6 Å². The SMILES string of the molecule is COC(=O)C[C@@H](c1cccnc1)N1CCCC1. The predicted octanol–water partition coefficient (Wildman–Crippen LogP) is 1.78. The van der Waals surface area contributed by atoms with Crippen LogP contribution in [0.3, 0.4) is 0 Å². The predicted molar refractivity (Wildman–Crippen MR) is 64.4 cm³/mol. The lowest BCUT2D eigenvalue weighted by atomic mass is 10.0. The number of aromatic nitrogens is 1. The van der Waals surface area contributed by atoms with Gasteiger partial charge in [0.25, 0.3) is 0 Å². The average Bonchev–Trinajstić information content (AvgIpc) is 2.90. The molecule has 1 aromatic rings. The first kappa shape index (κ1) is 12.0. The fourth-order valence-electron chi connectivity index (χ4n) is 2.33. The molecule has 1 aliphatic heterocycles. The summed E-state index contributed by atoms with van der Waals surface area (Å²) in [6, 6.07) is 4.05. The lowest BCUT2D eigenvalue weighted by Gasteiger charge is -2.26. The van der Waals surface area contributed by atoms with Crippen molar-refractivity contribution in [2.24, 2.45) is 0 Å². The second-order valence-corrected chi connectivity index (χ2v) is 4.33. The molecule has 17 heavy (non-hydrogen) atoms. The summed E-state index contributed by atoms with van der Waals surface area (Å²) in [4.78, 5) is 18.0. The molecule has 2 heterocycles. The summed E-state index contributed by atoms with van der Waals surface area (Å²) in [6.07, 6.45) is 6.41. The Kier molecular flexibility index (Phi) is 4.09. The van der Waals surface area contributed by atoms with Gasteiger partial charge in [-0.2, -0.15) is 0 Å². The van der Waals surface area contributed by atoms with Crippen molar-refractivity contribution in [3.05, 3.63) is 30.1 Å². The van der Waals surface area contributed by atoms with Crippen LogP contribution in [-0.2, 0) is 9.53 Å². The van der Waals surface area contributed by atoms with Gasteiger partial charge in [0.05, 0.1) is 13.5 Å². The topological polar surface area (TPSA) is 42.4 Å². The summed E-state index contributed by atoms with van der Waals surface area (Å²) in [6.45, 7) is 2.10. The molecule has 0 N–H and O–H groups in total. The molecule has 4 nitrogen and oxygen atoms in total. The summed E-state index contributed by atoms with van der Waals surface area (Å²) < 4.78 is 4.78. The summed E-state index contributed by atoms with van der Waals surface area (Å²) in [5.41, 5.74) is 1.10. The summed E-state index contributed by atoms with van der Waals surface area (Å²) >= 11 is 0. The molecule has 4 heteroatoms. The Morgan fingerprint density at radius 2 is 2.29 bits per heavy atom. The third-order valence-electron chi connectivity index (χ3n) is 3.24. The van der Waals surface area contributed by atoms with Crippen LogP contribution < -0.4 is 0 Å². The second kappa shape index (κ2) is 5.77. The smallest absolute Gasteiger partial charge is 0.307 e. The van der Waals surface area contributed by atoms with Crippen molar-refractivity contribution in [3.63, 3.8) is 0 Å². The van der Waals surface area contributed by atoms with E-state index in [1.165, 1.54) is 20.0 Å². The van der Waals surface area contributed by atoms with Crippen molar-refractivity contribution in [3.8, 4) is 0 Å². The maximum Gasteiger partial charge on any atom is 0.307 e. The fraction of sp³-hybridized carbons (Fsp3) is 0.538. The number of hydrogen-bond donors (Lipinski definition) is 0. The van der Waals surface area contributed by atoms with Gasteiger partial charge in [0.15, 0.2) is 0 Å². The van der Waals surface area contributed by atoms with Gasteiger partial charge in [-0.25, -0.2) is 0 Å². The van der Waals surface area contributed by atoms with E-state index in [9.17, 15) is 4.79 Å². The van der Waals surface area contributed by atoms with E-state index in [1.807, 2.05) is 18.3 Å². The van der Waals surface area contributed by atoms with E-state index >= 15 is 0 Å². The molecule has 0 radical (unpaired) electrons. The van der Waals surface area contributed by atoms with E-state index in [0.29, 0.717) is 6.42 Å². The molecule has 0 saturated carbocycles. The Bertz CT molecular complexity index is 361. The zero-order chi connectivity index (χ0) is 12.1. The highest BCUT2D eigenvalue weighted by atomic mass is 16.5. The Morgan fingerprint density at radius 1 is 1.53 bits per heavy atom. The van der Waals surface area contributed by atoms with Gasteiger partial charge >= 0.3 is 5.97 Å². The van der Waals surface area contributed by atoms with E-state index in [0.717, 1.165) is 18.7 Å². The third kappa shape index (κ3) is 3.03. The lowest BCUT2D eigenvalue weighted by Crippen LogP contribution is -2.28. The van der Waals surface area contributed by atoms with E-state index < -0.39 is 0 Å². The monoisotopic (exact) mass is 234 g/mol. The van der Waals surface area contributed by atoms with Gasteiger partial charge in [0.1, 0.15) is 0 Å². The van der Waals surface area contributed by atoms with Gasteiger partial charge in [-0.1, -0.05) is 6.07 Å². The molecule has 0 unspecified atom stereocenters. The van der Waals surface area contributed by atoms with Crippen LogP contribution >= 0.6 is 0 Å². The molecule has 1 aromatic heterocycles. The van der Waals surface area contributed by atoms with Crippen molar-refractivity contribution in [1.29, 1.82) is 0 Å². The molecule has 0 aliphatic carbocycles. The first-order chi connectivity index (χ1) is 8.31. The number of pyridine rings is 1. The first-order valence-electron chi connectivity index (χ1n) is 6.02. The number of nitrogens with zero attached hydrogens (tertiary/aromatic N) is 2. The fourth-order valence-corrected chi connectivity index (χ4v) is 2.33. The molecule has 92 valence electrons. The van der Waals surface area contributed by atoms with Crippen LogP contribution in [0, 0.1) is 0 Å². The molecule has 1 aliphatic rings. The number of carbonyl (C=O) groups is 1. The minimum Gasteiger partial charge on any atom is -0.469 e. The highest BCUT2D eigenvalue weighted by Crippen LogP contribution is 2.27. The molecule has 0 amide bonds. The molecule has 1 atom stereocenters. The number of methoxy groups -OCH3 is 1. The van der Waals surface area contributed by atoms with E-state index in [-0.39, 0.29) is 12.0 Å². The molecule has 0 spiro atoms. The molecule has 1 fully saturated rings. The number of ether oxygens (including phenoxy) is 1. The molecule has 0 bridgehead atoms. The van der Waals surface area contributed by atoms with Gasteiger partial charge in [-0.15, -0.1) is 0 Å². The Morgan fingerprint density at radius 3 is 2.88 bits per heavy atom. The van der Waals surface area contributed by atoms with Crippen molar-refractivity contribution in [1.82, 2.24) is 9.88 Å². The van der Waals surface area contributed by atoms with Crippen LogP contribution in [0.4, 0.5) is 0 Å². The highest BCUT2D eigenvalue weighted by molar-refractivity contribution is 5.70. The first-order valence-corrected chi connectivity index (χ1v) is 6.02. The summed E-state index contributed by atoms with van der Waals surface area (Å²) in [7, 11) is 1.44. The summed E-state index contributed by atoms with van der Waals surface area (Å²) in [5, 5.41) is 0.